The van der Waals surface area contributed by atoms with E-state index in [4.69, 9.17) is 0 Å². The summed E-state index contributed by atoms with van der Waals surface area (Å²) < 4.78 is 0. The third kappa shape index (κ3) is 2.85. The van der Waals surface area contributed by atoms with Crippen LogP contribution in [0.25, 0.3) is 0 Å². The Morgan fingerprint density at radius 1 is 1.26 bits per heavy atom. The molecule has 0 saturated heterocycles. The topological polar surface area (TPSA) is 40.5 Å². The molecule has 0 spiro atoms. The first-order chi connectivity index (χ1) is 9.15. The van der Waals surface area contributed by atoms with E-state index in [0.29, 0.717) is 0 Å². The molecule has 0 aliphatic rings. The summed E-state index contributed by atoms with van der Waals surface area (Å²) in [7, 11) is 1.70. The molecule has 0 saturated carbocycles. The first-order valence-electron chi connectivity index (χ1n) is 6.09. The van der Waals surface area contributed by atoms with Crippen LogP contribution in [0.2, 0.25) is 0 Å². The van der Waals surface area contributed by atoms with Crippen LogP contribution in [0.4, 0.5) is 0 Å². The first kappa shape index (κ1) is 13.8. The van der Waals surface area contributed by atoms with E-state index in [0.717, 1.165) is 22.4 Å². The highest BCUT2D eigenvalue weighted by Gasteiger charge is 2.28. The van der Waals surface area contributed by atoms with Gasteiger partial charge in [-0.1, -0.05) is 30.3 Å². The average Bonchev–Trinajstić information content (AvgIpc) is 2.86. The minimum atomic E-state index is -0.728. The van der Waals surface area contributed by atoms with Gasteiger partial charge in [0.15, 0.2) is 0 Å². The number of hydrogen-bond donors (Lipinski definition) is 1. The molecule has 0 radical (unpaired) electrons. The Labute approximate surface area is 117 Å². The number of carbonyl (C=O) groups is 1. The van der Waals surface area contributed by atoms with Gasteiger partial charge in [-0.3, -0.25) is 4.79 Å². The van der Waals surface area contributed by atoms with Gasteiger partial charge in [0.2, 0.25) is 6.41 Å². The van der Waals surface area contributed by atoms with Gasteiger partial charge >= 0.3 is 0 Å². The van der Waals surface area contributed by atoms with Gasteiger partial charge in [0.25, 0.3) is 0 Å². The summed E-state index contributed by atoms with van der Waals surface area (Å²) in [6.07, 6.45) is 0.0319. The van der Waals surface area contributed by atoms with Crippen LogP contribution in [0.1, 0.15) is 28.1 Å². The highest BCUT2D eigenvalue weighted by atomic mass is 32.1. The fourth-order valence-electron chi connectivity index (χ4n) is 2.14. The van der Waals surface area contributed by atoms with Crippen LogP contribution in [-0.2, 0) is 4.79 Å². The van der Waals surface area contributed by atoms with E-state index < -0.39 is 6.10 Å². The van der Waals surface area contributed by atoms with Crippen molar-refractivity contribution in [2.24, 2.45) is 0 Å². The van der Waals surface area contributed by atoms with E-state index in [1.807, 2.05) is 48.7 Å². The van der Waals surface area contributed by atoms with Crippen molar-refractivity contribution in [2.75, 3.05) is 7.05 Å². The van der Waals surface area contributed by atoms with Crippen LogP contribution in [0.5, 0.6) is 0 Å². The van der Waals surface area contributed by atoms with Crippen LogP contribution in [0, 0.1) is 6.92 Å². The minimum Gasteiger partial charge on any atom is -0.386 e. The molecule has 3 nitrogen and oxygen atoms in total. The highest BCUT2D eigenvalue weighted by Crippen LogP contribution is 2.37. The molecule has 0 bridgehead atoms. The number of aliphatic hydroxyl groups excluding tert-OH is 1. The van der Waals surface area contributed by atoms with E-state index in [1.165, 1.54) is 4.90 Å². The second-order valence-electron chi connectivity index (χ2n) is 4.54. The monoisotopic (exact) mass is 275 g/mol. The molecule has 1 amide bonds. The third-order valence-electron chi connectivity index (χ3n) is 3.22. The number of rotatable bonds is 5. The number of carbonyl (C=O) groups excluding carboxylic acids is 1. The SMILES string of the molecule is Cc1ccsc1C(C(O)c1ccccc1)N(C)C=O. The highest BCUT2D eigenvalue weighted by molar-refractivity contribution is 7.10. The maximum atomic E-state index is 11.1. The van der Waals surface area contributed by atoms with Crippen molar-refractivity contribution in [1.82, 2.24) is 4.90 Å². The Bertz CT molecular complexity index is 538. The van der Waals surface area contributed by atoms with Crippen LogP contribution < -0.4 is 0 Å². The number of hydrogen-bond acceptors (Lipinski definition) is 3. The van der Waals surface area contributed by atoms with E-state index >= 15 is 0 Å². The zero-order valence-corrected chi connectivity index (χ0v) is 11.8. The molecular formula is C15H17NO2S. The Morgan fingerprint density at radius 2 is 1.95 bits per heavy atom. The van der Waals surface area contributed by atoms with Gasteiger partial charge in [-0.25, -0.2) is 0 Å². The molecule has 2 atom stereocenters. The number of amides is 1. The number of likely N-dealkylation sites (N-methyl/N-ethyl adjacent to an activating group) is 1. The summed E-state index contributed by atoms with van der Waals surface area (Å²) in [5.74, 6) is 0. The normalized spacial score (nSPS) is 13.8. The number of aryl methyl sites for hydroxylation is 1. The van der Waals surface area contributed by atoms with Crippen molar-refractivity contribution in [1.29, 1.82) is 0 Å². The second-order valence-corrected chi connectivity index (χ2v) is 5.49. The fraction of sp³-hybridized carbons (Fsp3) is 0.267. The standard InChI is InChI=1S/C15H17NO2S/c1-11-8-9-19-15(11)13(16(2)10-17)14(18)12-6-4-3-5-7-12/h3-10,13-14,18H,1-2H3. The van der Waals surface area contributed by atoms with E-state index in [-0.39, 0.29) is 6.04 Å². The largest absolute Gasteiger partial charge is 0.386 e. The minimum absolute atomic E-state index is 0.347. The molecule has 0 fully saturated rings. The number of benzene rings is 1. The van der Waals surface area contributed by atoms with Gasteiger partial charge in [-0.2, -0.15) is 0 Å². The van der Waals surface area contributed by atoms with Crippen molar-refractivity contribution in [2.45, 2.75) is 19.1 Å². The predicted molar refractivity (Wildman–Crippen MR) is 77.0 cm³/mol. The van der Waals surface area contributed by atoms with Gasteiger partial charge in [0.1, 0.15) is 6.10 Å². The van der Waals surface area contributed by atoms with Crippen LogP contribution in [-0.4, -0.2) is 23.5 Å². The van der Waals surface area contributed by atoms with Gasteiger partial charge in [-0.05, 0) is 29.5 Å². The quantitative estimate of drug-likeness (QED) is 0.852. The van der Waals surface area contributed by atoms with Crippen molar-refractivity contribution in [3.05, 3.63) is 57.8 Å². The van der Waals surface area contributed by atoms with Crippen LogP contribution in [0.15, 0.2) is 41.8 Å². The summed E-state index contributed by atoms with van der Waals surface area (Å²) in [5.41, 5.74) is 1.91. The lowest BCUT2D eigenvalue weighted by Crippen LogP contribution is -2.28. The van der Waals surface area contributed by atoms with E-state index in [1.54, 1.807) is 18.4 Å². The molecule has 2 rings (SSSR count). The van der Waals surface area contributed by atoms with Gasteiger partial charge < -0.3 is 10.0 Å². The number of thiophene rings is 1. The van der Waals surface area contributed by atoms with E-state index in [9.17, 15) is 9.90 Å². The Morgan fingerprint density at radius 3 is 2.47 bits per heavy atom. The molecule has 100 valence electrons. The molecular weight excluding hydrogens is 258 g/mol. The van der Waals surface area contributed by atoms with Gasteiger partial charge in [0.05, 0.1) is 6.04 Å². The summed E-state index contributed by atoms with van der Waals surface area (Å²) >= 11 is 1.56. The van der Waals surface area contributed by atoms with Crippen LogP contribution >= 0.6 is 11.3 Å². The van der Waals surface area contributed by atoms with Gasteiger partial charge in [0, 0.05) is 11.9 Å². The van der Waals surface area contributed by atoms with Crippen molar-refractivity contribution in [3.63, 3.8) is 0 Å². The lowest BCUT2D eigenvalue weighted by atomic mass is 9.98. The molecule has 4 heteroatoms. The predicted octanol–water partition coefficient (Wildman–Crippen LogP) is 2.92. The molecule has 0 aliphatic heterocycles. The van der Waals surface area contributed by atoms with Crippen molar-refractivity contribution >= 4 is 17.7 Å². The molecule has 1 N–H and O–H groups in total. The molecule has 1 aromatic heterocycles. The maximum Gasteiger partial charge on any atom is 0.210 e. The summed E-state index contributed by atoms with van der Waals surface area (Å²) in [6, 6.07) is 11.1. The van der Waals surface area contributed by atoms with Crippen molar-refractivity contribution in [3.8, 4) is 0 Å². The van der Waals surface area contributed by atoms with Crippen molar-refractivity contribution < 1.29 is 9.90 Å². The Hall–Kier alpha value is -1.65. The molecule has 0 aliphatic carbocycles. The molecule has 2 aromatic rings. The number of aliphatic hydroxyl groups is 1. The summed E-state index contributed by atoms with van der Waals surface area (Å²) in [4.78, 5) is 13.7. The van der Waals surface area contributed by atoms with E-state index in [2.05, 4.69) is 0 Å². The van der Waals surface area contributed by atoms with Crippen LogP contribution in [0.3, 0.4) is 0 Å². The zero-order valence-electron chi connectivity index (χ0n) is 11.0. The zero-order chi connectivity index (χ0) is 13.8. The maximum absolute atomic E-state index is 11.1. The Balaban J connectivity index is 2.39. The fourth-order valence-corrected chi connectivity index (χ4v) is 3.24. The third-order valence-corrected chi connectivity index (χ3v) is 4.31. The smallest absolute Gasteiger partial charge is 0.210 e. The first-order valence-corrected chi connectivity index (χ1v) is 6.97. The average molecular weight is 275 g/mol. The van der Waals surface area contributed by atoms with Gasteiger partial charge in [-0.15, -0.1) is 11.3 Å². The molecule has 19 heavy (non-hydrogen) atoms. The Kier molecular flexibility index (Phi) is 4.35. The lowest BCUT2D eigenvalue weighted by molar-refractivity contribution is -0.121. The summed E-state index contributed by atoms with van der Waals surface area (Å²) in [6.45, 7) is 2.00. The molecule has 1 heterocycles. The molecule has 2 unspecified atom stereocenters. The second kappa shape index (κ2) is 5.99. The summed E-state index contributed by atoms with van der Waals surface area (Å²) in [5, 5.41) is 12.6. The number of nitrogens with zero attached hydrogens (tertiary/aromatic N) is 1. The molecule has 1 aromatic carbocycles. The lowest BCUT2D eigenvalue weighted by Gasteiger charge is -2.29.